The molecule has 0 aromatic heterocycles. The van der Waals surface area contributed by atoms with E-state index < -0.39 is 29.1 Å². The van der Waals surface area contributed by atoms with Gasteiger partial charge in [-0.2, -0.15) is 0 Å². The highest BCUT2D eigenvalue weighted by atomic mass is 19.1. The third-order valence-electron chi connectivity index (χ3n) is 1.79. The lowest BCUT2D eigenvalue weighted by Gasteiger charge is -2.09. The molecule has 1 rings (SSSR count). The average molecular weight is 200 g/mol. The van der Waals surface area contributed by atoms with Crippen molar-refractivity contribution in [2.24, 2.45) is 5.73 Å². The number of aliphatic hydroxyl groups excluding tert-OH is 1. The molecule has 1 aromatic carbocycles. The molecule has 76 valence electrons. The fraction of sp³-hybridized carbons (Fsp3) is 0.250. The molecule has 6 heteroatoms. The molecule has 5 nitrogen and oxygen atoms in total. The summed E-state index contributed by atoms with van der Waals surface area (Å²) in [6.07, 6.45) is 0. The molecule has 1 aromatic rings. The van der Waals surface area contributed by atoms with E-state index in [4.69, 9.17) is 10.8 Å². The number of nitro groups is 1. The molecule has 14 heavy (non-hydrogen) atoms. The number of hydrogen-bond acceptors (Lipinski definition) is 4. The molecule has 0 aliphatic rings. The summed E-state index contributed by atoms with van der Waals surface area (Å²) in [5.41, 5.74) is 4.66. The Morgan fingerprint density at radius 2 is 2.29 bits per heavy atom. The molecular weight excluding hydrogens is 191 g/mol. The zero-order valence-electron chi connectivity index (χ0n) is 7.18. The van der Waals surface area contributed by atoms with Crippen molar-refractivity contribution in [2.45, 2.75) is 6.04 Å². The van der Waals surface area contributed by atoms with Gasteiger partial charge in [0.2, 0.25) is 0 Å². The number of benzene rings is 1. The first-order chi connectivity index (χ1) is 6.57. The van der Waals surface area contributed by atoms with Crippen molar-refractivity contribution >= 4 is 5.69 Å². The molecule has 0 saturated carbocycles. The van der Waals surface area contributed by atoms with Gasteiger partial charge in [0.15, 0.2) is 0 Å². The average Bonchev–Trinajstić information content (AvgIpc) is 2.16. The maximum absolute atomic E-state index is 13.2. The summed E-state index contributed by atoms with van der Waals surface area (Å²) in [5, 5.41) is 19.2. The lowest BCUT2D eigenvalue weighted by atomic mass is 10.1. The van der Waals surface area contributed by atoms with Crippen LogP contribution in [0.2, 0.25) is 0 Å². The molecule has 0 bridgehead atoms. The Morgan fingerprint density at radius 1 is 1.64 bits per heavy atom. The van der Waals surface area contributed by atoms with E-state index in [-0.39, 0.29) is 5.56 Å². The van der Waals surface area contributed by atoms with Crippen LogP contribution in [0.3, 0.4) is 0 Å². The number of nitro benzene ring substituents is 1. The Bertz CT molecular complexity index is 356. The van der Waals surface area contributed by atoms with Crippen molar-refractivity contribution in [1.29, 1.82) is 0 Å². The molecule has 0 aliphatic heterocycles. The Balaban J connectivity index is 3.29. The van der Waals surface area contributed by atoms with Crippen molar-refractivity contribution in [3.8, 4) is 0 Å². The van der Waals surface area contributed by atoms with E-state index in [9.17, 15) is 14.5 Å². The van der Waals surface area contributed by atoms with Crippen LogP contribution in [0.15, 0.2) is 18.2 Å². The van der Waals surface area contributed by atoms with E-state index in [2.05, 4.69) is 0 Å². The van der Waals surface area contributed by atoms with Crippen LogP contribution >= 0.6 is 0 Å². The second-order valence-electron chi connectivity index (χ2n) is 2.72. The van der Waals surface area contributed by atoms with Gasteiger partial charge < -0.3 is 10.8 Å². The Labute approximate surface area is 79.1 Å². The third kappa shape index (κ3) is 1.86. The van der Waals surface area contributed by atoms with Crippen LogP contribution in [0.5, 0.6) is 0 Å². The molecule has 0 spiro atoms. The lowest BCUT2D eigenvalue weighted by molar-refractivity contribution is -0.386. The molecule has 0 unspecified atom stereocenters. The highest BCUT2D eigenvalue weighted by molar-refractivity contribution is 5.43. The first kappa shape index (κ1) is 10.6. The highest BCUT2D eigenvalue weighted by Crippen LogP contribution is 2.25. The molecule has 0 amide bonds. The van der Waals surface area contributed by atoms with Crippen molar-refractivity contribution in [2.75, 3.05) is 6.61 Å². The molecular formula is C8H9FN2O3. The standard InChI is InChI=1S/C8H9FN2O3/c9-5-2-1-3-7(11(13)14)8(5)6(10)4-12/h1-3,6,12H,4,10H2/t6-/m0/s1. The van der Waals surface area contributed by atoms with Crippen molar-refractivity contribution in [3.63, 3.8) is 0 Å². The number of hydrogen-bond donors (Lipinski definition) is 2. The minimum Gasteiger partial charge on any atom is -0.394 e. The second kappa shape index (κ2) is 4.12. The topological polar surface area (TPSA) is 89.4 Å². The van der Waals surface area contributed by atoms with Gasteiger partial charge in [-0.3, -0.25) is 10.1 Å². The summed E-state index contributed by atoms with van der Waals surface area (Å²) in [5.74, 6) is -0.777. The smallest absolute Gasteiger partial charge is 0.277 e. The first-order valence-electron chi connectivity index (χ1n) is 3.87. The summed E-state index contributed by atoms with van der Waals surface area (Å²) >= 11 is 0. The number of rotatable bonds is 3. The minimum atomic E-state index is -1.07. The summed E-state index contributed by atoms with van der Waals surface area (Å²) < 4.78 is 13.2. The zero-order valence-corrected chi connectivity index (χ0v) is 7.18. The van der Waals surface area contributed by atoms with Gasteiger partial charge in [-0.1, -0.05) is 6.07 Å². The Morgan fingerprint density at radius 3 is 2.79 bits per heavy atom. The maximum Gasteiger partial charge on any atom is 0.277 e. The number of nitrogens with two attached hydrogens (primary N) is 1. The Hall–Kier alpha value is -1.53. The van der Waals surface area contributed by atoms with Crippen LogP contribution in [0, 0.1) is 15.9 Å². The molecule has 0 fully saturated rings. The largest absolute Gasteiger partial charge is 0.394 e. The van der Waals surface area contributed by atoms with Crippen LogP contribution in [0.25, 0.3) is 0 Å². The van der Waals surface area contributed by atoms with Crippen LogP contribution in [-0.2, 0) is 0 Å². The fourth-order valence-electron chi connectivity index (χ4n) is 1.14. The first-order valence-corrected chi connectivity index (χ1v) is 3.87. The molecule has 0 saturated heterocycles. The molecule has 0 radical (unpaired) electrons. The zero-order chi connectivity index (χ0) is 10.7. The van der Waals surface area contributed by atoms with E-state index >= 15 is 0 Å². The summed E-state index contributed by atoms with van der Waals surface area (Å²) in [6, 6.07) is 2.36. The van der Waals surface area contributed by atoms with Gasteiger partial charge in [0.05, 0.1) is 23.1 Å². The van der Waals surface area contributed by atoms with Gasteiger partial charge in [0, 0.05) is 6.07 Å². The normalized spacial score (nSPS) is 12.5. The van der Waals surface area contributed by atoms with Crippen molar-refractivity contribution < 1.29 is 14.4 Å². The highest BCUT2D eigenvalue weighted by Gasteiger charge is 2.22. The molecule has 3 N–H and O–H groups in total. The van der Waals surface area contributed by atoms with Gasteiger partial charge in [0.25, 0.3) is 5.69 Å². The van der Waals surface area contributed by atoms with Gasteiger partial charge >= 0.3 is 0 Å². The maximum atomic E-state index is 13.2. The molecule has 0 aliphatic carbocycles. The fourth-order valence-corrected chi connectivity index (χ4v) is 1.14. The minimum absolute atomic E-state index is 0.264. The SMILES string of the molecule is N[C@@H](CO)c1c(F)cccc1[N+](=O)[O-]. The molecule has 1 atom stereocenters. The van der Waals surface area contributed by atoms with Crippen molar-refractivity contribution in [3.05, 3.63) is 39.7 Å². The Kier molecular flexibility index (Phi) is 3.10. The predicted molar refractivity (Wildman–Crippen MR) is 47.1 cm³/mol. The summed E-state index contributed by atoms with van der Waals surface area (Å²) in [4.78, 5) is 9.77. The van der Waals surface area contributed by atoms with E-state index in [0.29, 0.717) is 0 Å². The van der Waals surface area contributed by atoms with Crippen LogP contribution < -0.4 is 5.73 Å². The van der Waals surface area contributed by atoms with E-state index in [1.54, 1.807) is 0 Å². The quantitative estimate of drug-likeness (QED) is 0.555. The lowest BCUT2D eigenvalue weighted by Crippen LogP contribution is -2.17. The number of nitrogens with zero attached hydrogens (tertiary/aromatic N) is 1. The van der Waals surface area contributed by atoms with Gasteiger partial charge in [-0.15, -0.1) is 0 Å². The number of halogens is 1. The molecule has 0 heterocycles. The van der Waals surface area contributed by atoms with Gasteiger partial charge in [0.1, 0.15) is 5.82 Å². The van der Waals surface area contributed by atoms with E-state index in [1.807, 2.05) is 0 Å². The van der Waals surface area contributed by atoms with Crippen molar-refractivity contribution in [1.82, 2.24) is 0 Å². The third-order valence-corrected chi connectivity index (χ3v) is 1.79. The van der Waals surface area contributed by atoms with Crippen LogP contribution in [0.1, 0.15) is 11.6 Å². The number of aliphatic hydroxyl groups is 1. The van der Waals surface area contributed by atoms with E-state index in [1.165, 1.54) is 6.07 Å². The predicted octanol–water partition coefficient (Wildman–Crippen LogP) is 0.726. The monoisotopic (exact) mass is 200 g/mol. The van der Waals surface area contributed by atoms with Crippen LogP contribution in [-0.4, -0.2) is 16.6 Å². The van der Waals surface area contributed by atoms with Gasteiger partial charge in [-0.25, -0.2) is 4.39 Å². The summed E-state index contributed by atoms with van der Waals surface area (Å²) in [6.45, 7) is -0.540. The second-order valence-corrected chi connectivity index (χ2v) is 2.72. The van der Waals surface area contributed by atoms with Crippen LogP contribution in [0.4, 0.5) is 10.1 Å². The van der Waals surface area contributed by atoms with E-state index in [0.717, 1.165) is 12.1 Å². The summed E-state index contributed by atoms with van der Waals surface area (Å²) in [7, 11) is 0. The van der Waals surface area contributed by atoms with Gasteiger partial charge in [-0.05, 0) is 6.07 Å².